The topological polar surface area (TPSA) is 80.3 Å². The standard InChI is InChI=1S/C19H20ClN3O3/c1-12-4-5-14(10-16(12)20)23-19(25)17-9-13(6-7-21-17)18(24)22-11-15-3-2-8-26-15/h4-7,9-10,15H,2-3,8,11H2,1H3,(H,22,24)(H,23,25). The average Bonchev–Trinajstić information content (AvgIpc) is 3.16. The Morgan fingerprint density at radius 3 is 2.85 bits per heavy atom. The molecule has 0 spiro atoms. The van der Waals surface area contributed by atoms with E-state index in [2.05, 4.69) is 15.6 Å². The monoisotopic (exact) mass is 373 g/mol. The zero-order chi connectivity index (χ0) is 18.5. The van der Waals surface area contributed by atoms with E-state index in [1.165, 1.54) is 12.3 Å². The lowest BCUT2D eigenvalue weighted by Gasteiger charge is -2.11. The minimum atomic E-state index is -0.404. The molecule has 6 nitrogen and oxygen atoms in total. The van der Waals surface area contributed by atoms with Crippen LogP contribution in [-0.4, -0.2) is 36.1 Å². The Balaban J connectivity index is 1.64. The number of rotatable bonds is 5. The average molecular weight is 374 g/mol. The summed E-state index contributed by atoms with van der Waals surface area (Å²) in [6, 6.07) is 8.30. The molecule has 1 aliphatic heterocycles. The molecule has 136 valence electrons. The van der Waals surface area contributed by atoms with E-state index >= 15 is 0 Å². The van der Waals surface area contributed by atoms with Gasteiger partial charge in [-0.25, -0.2) is 0 Å². The molecule has 2 N–H and O–H groups in total. The second-order valence-corrected chi connectivity index (χ2v) is 6.60. The lowest BCUT2D eigenvalue weighted by molar-refractivity contribution is 0.0857. The number of benzene rings is 1. The highest BCUT2D eigenvalue weighted by molar-refractivity contribution is 6.31. The van der Waals surface area contributed by atoms with Crippen molar-refractivity contribution in [2.45, 2.75) is 25.9 Å². The van der Waals surface area contributed by atoms with Crippen molar-refractivity contribution in [2.75, 3.05) is 18.5 Å². The molecule has 0 bridgehead atoms. The number of pyridine rings is 1. The Labute approximate surface area is 156 Å². The highest BCUT2D eigenvalue weighted by atomic mass is 35.5. The molecule has 0 radical (unpaired) electrons. The smallest absolute Gasteiger partial charge is 0.274 e. The summed E-state index contributed by atoms with van der Waals surface area (Å²) in [7, 11) is 0. The van der Waals surface area contributed by atoms with Crippen LogP contribution < -0.4 is 10.6 Å². The fourth-order valence-electron chi connectivity index (χ4n) is 2.68. The largest absolute Gasteiger partial charge is 0.376 e. The molecule has 1 aromatic heterocycles. The minimum Gasteiger partial charge on any atom is -0.376 e. The lowest BCUT2D eigenvalue weighted by Crippen LogP contribution is -2.32. The molecule has 3 rings (SSSR count). The van der Waals surface area contributed by atoms with Gasteiger partial charge in [0.05, 0.1) is 6.10 Å². The third-order valence-electron chi connectivity index (χ3n) is 4.20. The van der Waals surface area contributed by atoms with E-state index in [1.54, 1.807) is 18.2 Å². The number of aromatic nitrogens is 1. The van der Waals surface area contributed by atoms with Gasteiger partial charge < -0.3 is 15.4 Å². The van der Waals surface area contributed by atoms with Gasteiger partial charge in [0.2, 0.25) is 0 Å². The number of ether oxygens (including phenoxy) is 1. The molecule has 0 saturated carbocycles. The van der Waals surface area contributed by atoms with Crippen LogP contribution >= 0.6 is 11.6 Å². The lowest BCUT2D eigenvalue weighted by atomic mass is 10.2. The van der Waals surface area contributed by atoms with Crippen LogP contribution in [0.15, 0.2) is 36.5 Å². The van der Waals surface area contributed by atoms with Crippen molar-refractivity contribution in [3.8, 4) is 0 Å². The zero-order valence-corrected chi connectivity index (χ0v) is 15.2. The summed E-state index contributed by atoms with van der Waals surface area (Å²) in [4.78, 5) is 28.7. The molecule has 1 aliphatic rings. The van der Waals surface area contributed by atoms with Gasteiger partial charge in [-0.3, -0.25) is 14.6 Å². The first-order valence-electron chi connectivity index (χ1n) is 8.46. The number of anilines is 1. The van der Waals surface area contributed by atoms with Crippen molar-refractivity contribution in [2.24, 2.45) is 0 Å². The Morgan fingerprint density at radius 1 is 1.27 bits per heavy atom. The first-order valence-corrected chi connectivity index (χ1v) is 8.84. The van der Waals surface area contributed by atoms with Crippen LogP contribution in [0, 0.1) is 6.92 Å². The van der Waals surface area contributed by atoms with Crippen LogP contribution in [0.2, 0.25) is 5.02 Å². The number of aryl methyl sites for hydroxylation is 1. The van der Waals surface area contributed by atoms with E-state index in [9.17, 15) is 9.59 Å². The number of carbonyl (C=O) groups is 2. The summed E-state index contributed by atoms with van der Waals surface area (Å²) in [5.41, 5.74) is 2.03. The molecule has 1 saturated heterocycles. The number of hydrogen-bond acceptors (Lipinski definition) is 4. The van der Waals surface area contributed by atoms with Crippen molar-refractivity contribution in [3.63, 3.8) is 0 Å². The quantitative estimate of drug-likeness (QED) is 0.843. The van der Waals surface area contributed by atoms with E-state index in [-0.39, 0.29) is 17.7 Å². The zero-order valence-electron chi connectivity index (χ0n) is 14.4. The second-order valence-electron chi connectivity index (χ2n) is 6.19. The van der Waals surface area contributed by atoms with Crippen LogP contribution in [0.25, 0.3) is 0 Å². The molecule has 0 aliphatic carbocycles. The van der Waals surface area contributed by atoms with Crippen LogP contribution in [0.3, 0.4) is 0 Å². The second kappa shape index (κ2) is 8.29. The van der Waals surface area contributed by atoms with Gasteiger partial charge >= 0.3 is 0 Å². The molecule has 1 atom stereocenters. The maximum absolute atomic E-state index is 12.4. The van der Waals surface area contributed by atoms with Gasteiger partial charge in [0.25, 0.3) is 11.8 Å². The highest BCUT2D eigenvalue weighted by Crippen LogP contribution is 2.20. The number of nitrogens with zero attached hydrogens (tertiary/aromatic N) is 1. The van der Waals surface area contributed by atoms with Crippen LogP contribution in [0.1, 0.15) is 39.3 Å². The summed E-state index contributed by atoms with van der Waals surface area (Å²) in [5.74, 6) is -0.658. The molecular weight excluding hydrogens is 354 g/mol. The van der Waals surface area contributed by atoms with Crippen molar-refractivity contribution in [1.82, 2.24) is 10.3 Å². The van der Waals surface area contributed by atoms with E-state index < -0.39 is 5.91 Å². The molecule has 2 heterocycles. The van der Waals surface area contributed by atoms with Gasteiger partial charge in [-0.2, -0.15) is 0 Å². The number of nitrogens with one attached hydrogen (secondary N) is 2. The molecule has 7 heteroatoms. The Kier molecular flexibility index (Phi) is 5.85. The molecule has 2 amide bonds. The van der Waals surface area contributed by atoms with Gasteiger partial charge in [-0.1, -0.05) is 17.7 Å². The number of carbonyl (C=O) groups excluding carboxylic acids is 2. The van der Waals surface area contributed by atoms with Gasteiger partial charge in [0.1, 0.15) is 5.69 Å². The molecule has 1 fully saturated rings. The first-order chi connectivity index (χ1) is 12.5. The maximum Gasteiger partial charge on any atom is 0.274 e. The number of hydrogen-bond donors (Lipinski definition) is 2. The van der Waals surface area contributed by atoms with Gasteiger partial charge in [0, 0.05) is 35.6 Å². The van der Waals surface area contributed by atoms with Crippen molar-refractivity contribution >= 4 is 29.1 Å². The molecule has 2 aromatic rings. The highest BCUT2D eigenvalue weighted by Gasteiger charge is 2.17. The van der Waals surface area contributed by atoms with Crippen molar-refractivity contribution < 1.29 is 14.3 Å². The van der Waals surface area contributed by atoms with Crippen LogP contribution in [0.5, 0.6) is 0 Å². The summed E-state index contributed by atoms with van der Waals surface area (Å²) in [6.45, 7) is 3.09. The molecule has 26 heavy (non-hydrogen) atoms. The Bertz CT molecular complexity index is 819. The summed E-state index contributed by atoms with van der Waals surface area (Å²) in [6.07, 6.45) is 3.47. The Hall–Kier alpha value is -2.44. The Morgan fingerprint density at radius 2 is 2.12 bits per heavy atom. The van der Waals surface area contributed by atoms with E-state index in [0.717, 1.165) is 25.0 Å². The maximum atomic E-state index is 12.4. The SMILES string of the molecule is Cc1ccc(NC(=O)c2cc(C(=O)NCC3CCCO3)ccn2)cc1Cl. The van der Waals surface area contributed by atoms with Crippen molar-refractivity contribution in [3.05, 3.63) is 58.4 Å². The van der Waals surface area contributed by atoms with Gasteiger partial charge in [0.15, 0.2) is 0 Å². The molecular formula is C19H20ClN3O3. The fraction of sp³-hybridized carbons (Fsp3) is 0.316. The summed E-state index contributed by atoms with van der Waals surface area (Å²) < 4.78 is 5.48. The van der Waals surface area contributed by atoms with Crippen LogP contribution in [-0.2, 0) is 4.74 Å². The number of halogens is 1. The third kappa shape index (κ3) is 4.59. The predicted octanol–water partition coefficient (Wildman–Crippen LogP) is 3.20. The van der Waals surface area contributed by atoms with E-state index in [4.69, 9.17) is 16.3 Å². The molecule has 1 aromatic carbocycles. The van der Waals surface area contributed by atoms with Crippen molar-refractivity contribution in [1.29, 1.82) is 0 Å². The minimum absolute atomic E-state index is 0.0647. The third-order valence-corrected chi connectivity index (χ3v) is 4.61. The number of amides is 2. The first kappa shape index (κ1) is 18.4. The normalized spacial score (nSPS) is 16.3. The van der Waals surface area contributed by atoms with E-state index in [0.29, 0.717) is 22.8 Å². The van der Waals surface area contributed by atoms with Gasteiger partial charge in [-0.15, -0.1) is 0 Å². The van der Waals surface area contributed by atoms with E-state index in [1.807, 2.05) is 13.0 Å². The van der Waals surface area contributed by atoms with Crippen LogP contribution in [0.4, 0.5) is 5.69 Å². The predicted molar refractivity (Wildman–Crippen MR) is 99.7 cm³/mol. The fourth-order valence-corrected chi connectivity index (χ4v) is 2.86. The molecule has 1 unspecified atom stereocenters. The summed E-state index contributed by atoms with van der Waals surface area (Å²) >= 11 is 6.07. The van der Waals surface area contributed by atoms with Gasteiger partial charge in [-0.05, 0) is 49.6 Å². The summed E-state index contributed by atoms with van der Waals surface area (Å²) in [5, 5.41) is 6.13.